The number of nitrogens with zero attached hydrogens (tertiary/aromatic N) is 3. The van der Waals surface area contributed by atoms with Crippen molar-refractivity contribution >= 4 is 23.4 Å². The minimum Gasteiger partial charge on any atom is -0.467 e. The zero-order valence-electron chi connectivity index (χ0n) is 18.9. The maximum atomic E-state index is 12.7. The summed E-state index contributed by atoms with van der Waals surface area (Å²) in [6, 6.07) is 17.1. The lowest BCUT2D eigenvalue weighted by Gasteiger charge is -2.51. The molecule has 1 unspecified atom stereocenters. The number of rotatable bonds is 5. The van der Waals surface area contributed by atoms with E-state index in [0.29, 0.717) is 34.9 Å². The van der Waals surface area contributed by atoms with Crippen LogP contribution >= 0.6 is 11.8 Å². The summed E-state index contributed by atoms with van der Waals surface area (Å²) in [7, 11) is 0. The number of benzene rings is 1. The van der Waals surface area contributed by atoms with Crippen LogP contribution in [-0.2, 0) is 4.79 Å². The van der Waals surface area contributed by atoms with E-state index in [4.69, 9.17) is 4.42 Å². The number of carbonyl (C=O) groups is 1. The largest absolute Gasteiger partial charge is 0.467 e. The lowest BCUT2D eigenvalue weighted by atomic mass is 9.51. The molecule has 2 heterocycles. The second-order valence-electron chi connectivity index (χ2n) is 8.79. The van der Waals surface area contributed by atoms with Gasteiger partial charge in [-0.2, -0.15) is 15.8 Å². The molecule has 1 aliphatic carbocycles. The molecule has 0 saturated heterocycles. The molecule has 7 nitrogen and oxygen atoms in total. The first-order valence-corrected chi connectivity index (χ1v) is 12.2. The smallest absolute Gasteiger partial charge is 0.234 e. The molecule has 1 saturated carbocycles. The van der Waals surface area contributed by atoms with Crippen molar-refractivity contribution in [3.8, 4) is 18.2 Å². The Bertz CT molecular complexity index is 1190. The average Bonchev–Trinajstić information content (AvgIpc) is 3.39. The number of thioether (sulfide) groups is 1. The zero-order valence-corrected chi connectivity index (χ0v) is 19.7. The standard InChI is InChI=1S/C26H25N5O2S/c1-18-7-9-19(10-8-18)30-22(32)15-34-24-20(14-27)25(11-3-2-4-12-25)26(16-28,17-29)23(31-24)21-6-5-13-33-21/h5-10,13,23,31H,2-4,11-12,15H2,1H3,(H,30,32). The molecular formula is C26H25N5O2S. The van der Waals surface area contributed by atoms with Crippen molar-refractivity contribution in [1.29, 1.82) is 15.8 Å². The summed E-state index contributed by atoms with van der Waals surface area (Å²) in [6.07, 6.45) is 5.29. The third-order valence-electron chi connectivity index (χ3n) is 6.85. The van der Waals surface area contributed by atoms with Gasteiger partial charge in [-0.1, -0.05) is 48.7 Å². The normalized spacial score (nSPS) is 20.5. The van der Waals surface area contributed by atoms with Gasteiger partial charge in [-0.15, -0.1) is 0 Å². The molecule has 1 atom stereocenters. The Kier molecular flexibility index (Phi) is 6.68. The number of aryl methyl sites for hydroxylation is 1. The lowest BCUT2D eigenvalue weighted by Crippen LogP contribution is -2.54. The van der Waals surface area contributed by atoms with Crippen LogP contribution in [0.15, 0.2) is 57.7 Å². The molecule has 2 aliphatic rings. The predicted molar refractivity (Wildman–Crippen MR) is 129 cm³/mol. The highest BCUT2D eigenvalue weighted by Crippen LogP contribution is 2.62. The Morgan fingerprint density at radius 2 is 1.85 bits per heavy atom. The molecule has 172 valence electrons. The molecule has 2 N–H and O–H groups in total. The van der Waals surface area contributed by atoms with E-state index in [1.165, 1.54) is 18.0 Å². The van der Waals surface area contributed by atoms with Crippen molar-refractivity contribution in [2.75, 3.05) is 11.1 Å². The van der Waals surface area contributed by atoms with Gasteiger partial charge in [-0.3, -0.25) is 4.79 Å². The van der Waals surface area contributed by atoms with Gasteiger partial charge in [-0.05, 0) is 44.0 Å². The molecule has 8 heteroatoms. The molecule has 0 bridgehead atoms. The van der Waals surface area contributed by atoms with E-state index in [9.17, 15) is 20.6 Å². The van der Waals surface area contributed by atoms with Crippen LogP contribution in [-0.4, -0.2) is 11.7 Å². The molecule has 1 amide bonds. The molecule has 1 aromatic heterocycles. The SMILES string of the molecule is Cc1ccc(NC(=O)CSC2=C(C#N)C3(CCCCC3)C(C#N)(C#N)C(c3ccco3)N2)cc1. The van der Waals surface area contributed by atoms with Crippen LogP contribution in [0.1, 0.15) is 49.5 Å². The Balaban J connectivity index is 1.70. The Morgan fingerprint density at radius 1 is 1.15 bits per heavy atom. The maximum absolute atomic E-state index is 12.7. The molecule has 1 aromatic carbocycles. The summed E-state index contributed by atoms with van der Waals surface area (Å²) < 4.78 is 5.64. The van der Waals surface area contributed by atoms with Crippen LogP contribution in [0.2, 0.25) is 0 Å². The van der Waals surface area contributed by atoms with Gasteiger partial charge >= 0.3 is 0 Å². The molecule has 4 rings (SSSR count). The number of hydrogen-bond donors (Lipinski definition) is 2. The fourth-order valence-electron chi connectivity index (χ4n) is 5.15. The highest BCUT2D eigenvalue weighted by atomic mass is 32.2. The topological polar surface area (TPSA) is 126 Å². The molecular weight excluding hydrogens is 446 g/mol. The van der Waals surface area contributed by atoms with Crippen LogP contribution in [0, 0.1) is 51.7 Å². The van der Waals surface area contributed by atoms with E-state index in [1.54, 1.807) is 12.1 Å². The predicted octanol–water partition coefficient (Wildman–Crippen LogP) is 5.32. The second-order valence-corrected chi connectivity index (χ2v) is 9.77. The highest BCUT2D eigenvalue weighted by Gasteiger charge is 2.64. The van der Waals surface area contributed by atoms with Crippen LogP contribution in [0.5, 0.6) is 0 Å². The monoisotopic (exact) mass is 471 g/mol. The van der Waals surface area contributed by atoms with Crippen molar-refractivity contribution in [3.63, 3.8) is 0 Å². The maximum Gasteiger partial charge on any atom is 0.234 e. The number of amides is 1. The highest BCUT2D eigenvalue weighted by molar-refractivity contribution is 8.03. The second kappa shape index (κ2) is 9.67. The minimum absolute atomic E-state index is 0.0778. The van der Waals surface area contributed by atoms with Crippen molar-refractivity contribution in [2.24, 2.45) is 10.8 Å². The summed E-state index contributed by atoms with van der Waals surface area (Å²) in [5.74, 6) is 0.339. The zero-order chi connectivity index (χ0) is 24.2. The Hall–Kier alpha value is -3.67. The quantitative estimate of drug-likeness (QED) is 0.604. The van der Waals surface area contributed by atoms with Gasteiger partial charge in [0.15, 0.2) is 5.41 Å². The first-order chi connectivity index (χ1) is 16.5. The number of carbonyl (C=O) groups excluding carboxylic acids is 1. The molecule has 2 aromatic rings. The van der Waals surface area contributed by atoms with E-state index in [2.05, 4.69) is 28.8 Å². The molecule has 1 fully saturated rings. The molecule has 1 spiro atoms. The third-order valence-corrected chi connectivity index (χ3v) is 7.87. The van der Waals surface area contributed by atoms with Gasteiger partial charge in [0.25, 0.3) is 0 Å². The third kappa shape index (κ3) is 3.94. The van der Waals surface area contributed by atoms with Crippen molar-refractivity contribution in [3.05, 3.63) is 64.6 Å². The summed E-state index contributed by atoms with van der Waals surface area (Å²) in [6.45, 7) is 1.98. The van der Waals surface area contributed by atoms with E-state index in [-0.39, 0.29) is 11.7 Å². The van der Waals surface area contributed by atoms with Crippen LogP contribution in [0.3, 0.4) is 0 Å². The lowest BCUT2D eigenvalue weighted by molar-refractivity contribution is -0.113. The number of nitrogens with one attached hydrogen (secondary N) is 2. The van der Waals surface area contributed by atoms with Crippen molar-refractivity contribution in [1.82, 2.24) is 5.32 Å². The Labute approximate surface area is 203 Å². The van der Waals surface area contributed by atoms with Gasteiger partial charge in [-0.25, -0.2) is 0 Å². The summed E-state index contributed by atoms with van der Waals surface area (Å²) in [5, 5.41) is 37.6. The van der Waals surface area contributed by atoms with Gasteiger partial charge in [0.05, 0.1) is 40.8 Å². The number of hydrogen-bond acceptors (Lipinski definition) is 7. The fourth-order valence-corrected chi connectivity index (χ4v) is 6.09. The van der Waals surface area contributed by atoms with E-state index in [1.807, 2.05) is 31.2 Å². The molecule has 0 radical (unpaired) electrons. The van der Waals surface area contributed by atoms with Gasteiger partial charge < -0.3 is 15.1 Å². The van der Waals surface area contributed by atoms with Gasteiger partial charge in [0.1, 0.15) is 11.8 Å². The number of allylic oxidation sites excluding steroid dienone is 1. The van der Waals surface area contributed by atoms with Crippen molar-refractivity contribution < 1.29 is 9.21 Å². The van der Waals surface area contributed by atoms with E-state index in [0.717, 1.165) is 24.8 Å². The van der Waals surface area contributed by atoms with Crippen LogP contribution in [0.4, 0.5) is 5.69 Å². The van der Waals surface area contributed by atoms with E-state index < -0.39 is 16.9 Å². The number of furan rings is 1. The molecule has 34 heavy (non-hydrogen) atoms. The van der Waals surface area contributed by atoms with Crippen LogP contribution in [0.25, 0.3) is 0 Å². The fraction of sp³-hybridized carbons (Fsp3) is 0.385. The first-order valence-electron chi connectivity index (χ1n) is 11.3. The van der Waals surface area contributed by atoms with E-state index >= 15 is 0 Å². The van der Waals surface area contributed by atoms with Gasteiger partial charge in [0.2, 0.25) is 5.91 Å². The van der Waals surface area contributed by atoms with Crippen molar-refractivity contribution in [2.45, 2.75) is 45.1 Å². The first kappa shape index (κ1) is 23.5. The molecule has 1 aliphatic heterocycles. The Morgan fingerprint density at radius 3 is 2.44 bits per heavy atom. The summed E-state index contributed by atoms with van der Waals surface area (Å²) >= 11 is 1.22. The average molecular weight is 472 g/mol. The number of nitriles is 3. The minimum atomic E-state index is -1.51. The summed E-state index contributed by atoms with van der Waals surface area (Å²) in [5.41, 5.74) is -0.242. The number of anilines is 1. The summed E-state index contributed by atoms with van der Waals surface area (Å²) in [4.78, 5) is 12.7. The van der Waals surface area contributed by atoms with Crippen LogP contribution < -0.4 is 10.6 Å². The van der Waals surface area contributed by atoms with Gasteiger partial charge in [0, 0.05) is 11.1 Å².